The highest BCUT2D eigenvalue weighted by molar-refractivity contribution is 4.62. The van der Waals surface area contributed by atoms with Crippen LogP contribution in [-0.2, 0) is 4.74 Å². The molecule has 0 aromatic carbocycles. The molecule has 0 bridgehead atoms. The first-order valence-electron chi connectivity index (χ1n) is 3.10. The van der Waals surface area contributed by atoms with Gasteiger partial charge in [-0.2, -0.15) is 0 Å². The summed E-state index contributed by atoms with van der Waals surface area (Å²) in [6.07, 6.45) is 0.861. The molecular formula is C6H15NO2. The lowest BCUT2D eigenvalue weighted by Crippen LogP contribution is -2.29. The summed E-state index contributed by atoms with van der Waals surface area (Å²) >= 11 is 0. The summed E-state index contributed by atoms with van der Waals surface area (Å²) in [5, 5.41) is 8.50. The molecule has 3 nitrogen and oxygen atoms in total. The van der Waals surface area contributed by atoms with Crippen LogP contribution in [0.1, 0.15) is 13.3 Å². The van der Waals surface area contributed by atoms with E-state index in [-0.39, 0.29) is 18.8 Å². The van der Waals surface area contributed by atoms with Crippen molar-refractivity contribution < 1.29 is 9.84 Å². The molecule has 0 aromatic heterocycles. The van der Waals surface area contributed by atoms with Gasteiger partial charge in [-0.3, -0.25) is 0 Å². The summed E-state index contributed by atoms with van der Waals surface area (Å²) in [7, 11) is 1.63. The molecule has 0 amide bonds. The Bertz CT molecular complexity index is 60.1. The van der Waals surface area contributed by atoms with Crippen LogP contribution < -0.4 is 5.73 Å². The SMILES string of the molecule is CO[C@@H](C)C[C@H](N)CO. The highest BCUT2D eigenvalue weighted by atomic mass is 16.5. The Labute approximate surface area is 55.8 Å². The molecule has 0 radical (unpaired) electrons. The number of aliphatic hydroxyl groups excluding tert-OH is 1. The number of hydrogen-bond acceptors (Lipinski definition) is 3. The van der Waals surface area contributed by atoms with E-state index >= 15 is 0 Å². The lowest BCUT2D eigenvalue weighted by Gasteiger charge is -2.12. The third-order valence-electron chi connectivity index (χ3n) is 1.27. The van der Waals surface area contributed by atoms with Gasteiger partial charge in [-0.1, -0.05) is 0 Å². The maximum atomic E-state index is 8.50. The van der Waals surface area contributed by atoms with Crippen molar-refractivity contribution in [3.8, 4) is 0 Å². The summed E-state index contributed by atoms with van der Waals surface area (Å²) in [5.41, 5.74) is 5.42. The normalized spacial score (nSPS) is 17.3. The number of aliphatic hydroxyl groups is 1. The standard InChI is InChI=1S/C6H15NO2/c1-5(9-2)3-6(7)4-8/h5-6,8H,3-4,7H2,1-2H3/t5-,6-/m0/s1. The quantitative estimate of drug-likeness (QED) is 0.555. The molecule has 3 heteroatoms. The fraction of sp³-hybridized carbons (Fsp3) is 1.00. The first-order chi connectivity index (χ1) is 4.20. The maximum Gasteiger partial charge on any atom is 0.0583 e. The monoisotopic (exact) mass is 133 g/mol. The van der Waals surface area contributed by atoms with E-state index in [4.69, 9.17) is 15.6 Å². The average Bonchev–Trinajstić information content (AvgIpc) is 1.87. The molecule has 0 rings (SSSR count). The molecule has 0 saturated heterocycles. The van der Waals surface area contributed by atoms with Gasteiger partial charge in [0.25, 0.3) is 0 Å². The Morgan fingerprint density at radius 1 is 1.67 bits per heavy atom. The Balaban J connectivity index is 3.22. The van der Waals surface area contributed by atoms with E-state index < -0.39 is 0 Å². The molecule has 0 aliphatic carbocycles. The first kappa shape index (κ1) is 8.88. The first-order valence-corrected chi connectivity index (χ1v) is 3.10. The summed E-state index contributed by atoms with van der Waals surface area (Å²) in [4.78, 5) is 0. The Morgan fingerprint density at radius 2 is 2.22 bits per heavy atom. The Morgan fingerprint density at radius 3 is 2.56 bits per heavy atom. The van der Waals surface area contributed by atoms with Crippen LogP contribution in [0.2, 0.25) is 0 Å². The number of nitrogens with two attached hydrogens (primary N) is 1. The maximum absolute atomic E-state index is 8.50. The zero-order valence-electron chi connectivity index (χ0n) is 6.00. The van der Waals surface area contributed by atoms with Crippen LogP contribution >= 0.6 is 0 Å². The molecule has 0 heterocycles. The van der Waals surface area contributed by atoms with Gasteiger partial charge in [0.15, 0.2) is 0 Å². The average molecular weight is 133 g/mol. The van der Waals surface area contributed by atoms with Gasteiger partial charge in [-0.05, 0) is 13.3 Å². The van der Waals surface area contributed by atoms with Crippen molar-refractivity contribution in [2.75, 3.05) is 13.7 Å². The van der Waals surface area contributed by atoms with Crippen LogP contribution in [0.25, 0.3) is 0 Å². The van der Waals surface area contributed by atoms with E-state index in [9.17, 15) is 0 Å². The van der Waals surface area contributed by atoms with E-state index in [1.807, 2.05) is 6.92 Å². The van der Waals surface area contributed by atoms with Crippen molar-refractivity contribution in [3.63, 3.8) is 0 Å². The minimum absolute atomic E-state index is 0.0354. The topological polar surface area (TPSA) is 55.5 Å². The number of ether oxygens (including phenoxy) is 1. The van der Waals surface area contributed by atoms with Crippen LogP contribution in [0.15, 0.2) is 0 Å². The van der Waals surface area contributed by atoms with Gasteiger partial charge in [-0.15, -0.1) is 0 Å². The Hall–Kier alpha value is -0.120. The molecule has 0 saturated carbocycles. The van der Waals surface area contributed by atoms with Crippen LogP contribution in [0.5, 0.6) is 0 Å². The van der Waals surface area contributed by atoms with Crippen LogP contribution in [0.3, 0.4) is 0 Å². The summed E-state index contributed by atoms with van der Waals surface area (Å²) in [6.45, 7) is 1.96. The predicted octanol–water partition coefficient (Wildman–Crippen LogP) is -0.269. The van der Waals surface area contributed by atoms with Crippen molar-refractivity contribution >= 4 is 0 Å². The van der Waals surface area contributed by atoms with Crippen LogP contribution in [0.4, 0.5) is 0 Å². The van der Waals surface area contributed by atoms with Gasteiger partial charge in [-0.25, -0.2) is 0 Å². The molecule has 56 valence electrons. The molecule has 0 aliphatic heterocycles. The second-order valence-corrected chi connectivity index (χ2v) is 2.22. The van der Waals surface area contributed by atoms with Gasteiger partial charge in [0, 0.05) is 13.2 Å². The molecule has 0 aliphatic rings. The van der Waals surface area contributed by atoms with Gasteiger partial charge in [0.05, 0.1) is 12.7 Å². The number of hydrogen-bond donors (Lipinski definition) is 2. The molecule has 9 heavy (non-hydrogen) atoms. The zero-order valence-corrected chi connectivity index (χ0v) is 6.00. The summed E-state index contributed by atoms with van der Waals surface area (Å²) < 4.78 is 4.93. The smallest absolute Gasteiger partial charge is 0.0583 e. The minimum Gasteiger partial charge on any atom is -0.395 e. The molecular weight excluding hydrogens is 118 g/mol. The van der Waals surface area contributed by atoms with Crippen molar-refractivity contribution in [3.05, 3.63) is 0 Å². The molecule has 3 N–H and O–H groups in total. The van der Waals surface area contributed by atoms with Gasteiger partial charge >= 0.3 is 0 Å². The van der Waals surface area contributed by atoms with Crippen LogP contribution in [-0.4, -0.2) is 31.0 Å². The number of methoxy groups -OCH3 is 1. The zero-order chi connectivity index (χ0) is 7.28. The van der Waals surface area contributed by atoms with E-state index in [0.29, 0.717) is 6.42 Å². The molecule has 0 unspecified atom stereocenters. The van der Waals surface area contributed by atoms with Crippen molar-refractivity contribution in [2.45, 2.75) is 25.5 Å². The number of rotatable bonds is 4. The van der Waals surface area contributed by atoms with Crippen molar-refractivity contribution in [1.29, 1.82) is 0 Å². The van der Waals surface area contributed by atoms with E-state index in [0.717, 1.165) is 0 Å². The lowest BCUT2D eigenvalue weighted by molar-refractivity contribution is 0.0959. The highest BCUT2D eigenvalue weighted by Crippen LogP contribution is 1.97. The minimum atomic E-state index is -0.139. The van der Waals surface area contributed by atoms with E-state index in [1.165, 1.54) is 0 Å². The predicted molar refractivity (Wildman–Crippen MR) is 36.1 cm³/mol. The molecule has 0 fully saturated rings. The fourth-order valence-corrected chi connectivity index (χ4v) is 0.597. The van der Waals surface area contributed by atoms with Crippen molar-refractivity contribution in [1.82, 2.24) is 0 Å². The summed E-state index contributed by atoms with van der Waals surface area (Å²) in [5.74, 6) is 0. The van der Waals surface area contributed by atoms with Gasteiger partial charge < -0.3 is 15.6 Å². The van der Waals surface area contributed by atoms with Crippen molar-refractivity contribution in [2.24, 2.45) is 5.73 Å². The third-order valence-corrected chi connectivity index (χ3v) is 1.27. The second-order valence-electron chi connectivity index (χ2n) is 2.22. The summed E-state index contributed by atoms with van der Waals surface area (Å²) in [6, 6.07) is -0.139. The van der Waals surface area contributed by atoms with E-state index in [2.05, 4.69) is 0 Å². The molecule has 0 spiro atoms. The third kappa shape index (κ3) is 4.39. The fourth-order valence-electron chi connectivity index (χ4n) is 0.597. The van der Waals surface area contributed by atoms with Crippen LogP contribution in [0, 0.1) is 0 Å². The van der Waals surface area contributed by atoms with Gasteiger partial charge in [0.1, 0.15) is 0 Å². The molecule has 2 atom stereocenters. The van der Waals surface area contributed by atoms with Gasteiger partial charge in [0.2, 0.25) is 0 Å². The Kier molecular flexibility index (Phi) is 4.67. The van der Waals surface area contributed by atoms with E-state index in [1.54, 1.807) is 7.11 Å². The molecule has 0 aromatic rings. The largest absolute Gasteiger partial charge is 0.395 e. The lowest BCUT2D eigenvalue weighted by atomic mass is 10.1. The second kappa shape index (κ2) is 4.73. The highest BCUT2D eigenvalue weighted by Gasteiger charge is 2.05.